The highest BCUT2D eigenvalue weighted by Crippen LogP contribution is 2.10. The first kappa shape index (κ1) is 17.5. The standard InChI is InChI=1S/C15H22N2O3S/c1-2-3-7-13(15(19)20)17-14(18)8-10-21-11-12-6-4-5-9-16-12/h4-6,9,13H,2-3,7-8,10-11H2,1H3,(H,17,18)(H,19,20)/t13-/m0/s1. The van der Waals surface area contributed by atoms with E-state index in [-0.39, 0.29) is 5.91 Å². The van der Waals surface area contributed by atoms with Gasteiger partial charge in [0.05, 0.1) is 5.69 Å². The molecule has 1 amide bonds. The zero-order valence-electron chi connectivity index (χ0n) is 12.2. The second kappa shape index (κ2) is 10.2. The average Bonchev–Trinajstić information content (AvgIpc) is 2.48. The largest absolute Gasteiger partial charge is 0.480 e. The Labute approximate surface area is 129 Å². The fraction of sp³-hybridized carbons (Fsp3) is 0.533. The molecule has 0 radical (unpaired) electrons. The van der Waals surface area contributed by atoms with Crippen LogP contribution >= 0.6 is 11.8 Å². The van der Waals surface area contributed by atoms with Crippen LogP contribution in [-0.4, -0.2) is 33.8 Å². The molecule has 6 heteroatoms. The lowest BCUT2D eigenvalue weighted by Gasteiger charge is -2.13. The maximum atomic E-state index is 11.7. The number of nitrogens with zero attached hydrogens (tertiary/aromatic N) is 1. The Balaban J connectivity index is 2.21. The van der Waals surface area contributed by atoms with Crippen molar-refractivity contribution in [2.75, 3.05) is 5.75 Å². The van der Waals surface area contributed by atoms with Crippen molar-refractivity contribution in [1.29, 1.82) is 0 Å². The molecule has 1 atom stereocenters. The average molecular weight is 310 g/mol. The highest BCUT2D eigenvalue weighted by Gasteiger charge is 2.18. The van der Waals surface area contributed by atoms with E-state index in [0.29, 0.717) is 18.6 Å². The summed E-state index contributed by atoms with van der Waals surface area (Å²) in [7, 11) is 0. The van der Waals surface area contributed by atoms with Crippen molar-refractivity contribution in [2.24, 2.45) is 0 Å². The third-order valence-electron chi connectivity index (χ3n) is 2.93. The Morgan fingerprint density at radius 3 is 2.86 bits per heavy atom. The highest BCUT2D eigenvalue weighted by molar-refractivity contribution is 7.98. The van der Waals surface area contributed by atoms with Crippen molar-refractivity contribution in [3.63, 3.8) is 0 Å². The number of rotatable bonds is 10. The van der Waals surface area contributed by atoms with E-state index in [1.807, 2.05) is 25.1 Å². The zero-order valence-corrected chi connectivity index (χ0v) is 13.1. The van der Waals surface area contributed by atoms with Crippen molar-refractivity contribution < 1.29 is 14.7 Å². The summed E-state index contributed by atoms with van der Waals surface area (Å²) >= 11 is 1.62. The molecule has 0 spiro atoms. The molecule has 116 valence electrons. The molecule has 1 heterocycles. The summed E-state index contributed by atoms with van der Waals surface area (Å²) in [6, 6.07) is 4.97. The van der Waals surface area contributed by atoms with Crippen LogP contribution in [0.15, 0.2) is 24.4 Å². The lowest BCUT2D eigenvalue weighted by atomic mass is 10.1. The predicted octanol–water partition coefficient (Wildman–Crippen LogP) is 2.46. The van der Waals surface area contributed by atoms with Gasteiger partial charge in [0.2, 0.25) is 5.91 Å². The third kappa shape index (κ3) is 7.70. The lowest BCUT2D eigenvalue weighted by Crippen LogP contribution is -2.40. The smallest absolute Gasteiger partial charge is 0.326 e. The Morgan fingerprint density at radius 1 is 1.43 bits per heavy atom. The van der Waals surface area contributed by atoms with Gasteiger partial charge in [-0.15, -0.1) is 0 Å². The molecule has 0 bridgehead atoms. The van der Waals surface area contributed by atoms with Crippen LogP contribution < -0.4 is 5.32 Å². The SMILES string of the molecule is CCCC[C@H](NC(=O)CCSCc1ccccn1)C(=O)O. The second-order valence-electron chi connectivity index (χ2n) is 4.72. The minimum absolute atomic E-state index is 0.202. The molecule has 5 nitrogen and oxygen atoms in total. The number of pyridine rings is 1. The fourth-order valence-electron chi connectivity index (χ4n) is 1.76. The Kier molecular flexibility index (Phi) is 8.50. The van der Waals surface area contributed by atoms with Crippen LogP contribution in [0.1, 0.15) is 38.3 Å². The molecule has 0 unspecified atom stereocenters. The van der Waals surface area contributed by atoms with Gasteiger partial charge in [0, 0.05) is 24.1 Å². The number of carboxylic acids is 1. The minimum Gasteiger partial charge on any atom is -0.480 e. The lowest BCUT2D eigenvalue weighted by molar-refractivity contribution is -0.142. The molecule has 1 aromatic heterocycles. The number of nitrogens with one attached hydrogen (secondary N) is 1. The van der Waals surface area contributed by atoms with Gasteiger partial charge in [-0.25, -0.2) is 4.79 Å². The van der Waals surface area contributed by atoms with Gasteiger partial charge in [0.1, 0.15) is 6.04 Å². The summed E-state index contributed by atoms with van der Waals surface area (Å²) in [5.41, 5.74) is 0.981. The van der Waals surface area contributed by atoms with Crippen LogP contribution in [0.5, 0.6) is 0 Å². The van der Waals surface area contributed by atoms with E-state index in [1.165, 1.54) is 0 Å². The van der Waals surface area contributed by atoms with Gasteiger partial charge in [-0.3, -0.25) is 9.78 Å². The van der Waals surface area contributed by atoms with Crippen molar-refractivity contribution >= 4 is 23.6 Å². The van der Waals surface area contributed by atoms with Crippen LogP contribution in [-0.2, 0) is 15.3 Å². The Bertz CT molecular complexity index is 440. The van der Waals surface area contributed by atoms with Crippen molar-refractivity contribution in [3.8, 4) is 0 Å². The Morgan fingerprint density at radius 2 is 2.24 bits per heavy atom. The molecule has 0 fully saturated rings. The van der Waals surface area contributed by atoms with E-state index >= 15 is 0 Å². The molecule has 0 aliphatic rings. The van der Waals surface area contributed by atoms with Crippen LogP contribution in [0.2, 0.25) is 0 Å². The molecular weight excluding hydrogens is 288 g/mol. The predicted molar refractivity (Wildman–Crippen MR) is 84.1 cm³/mol. The Hall–Kier alpha value is -1.56. The van der Waals surface area contributed by atoms with E-state index < -0.39 is 12.0 Å². The van der Waals surface area contributed by atoms with Crippen molar-refractivity contribution in [2.45, 2.75) is 44.4 Å². The first-order valence-corrected chi connectivity index (χ1v) is 8.28. The molecule has 0 saturated carbocycles. The molecule has 1 rings (SSSR count). The van der Waals surface area contributed by atoms with Gasteiger partial charge in [0.25, 0.3) is 0 Å². The topological polar surface area (TPSA) is 79.3 Å². The number of thioether (sulfide) groups is 1. The number of hydrogen-bond donors (Lipinski definition) is 2. The normalized spacial score (nSPS) is 11.9. The summed E-state index contributed by atoms with van der Waals surface area (Å²) in [5.74, 6) is 0.249. The molecular formula is C15H22N2O3S. The van der Waals surface area contributed by atoms with Gasteiger partial charge in [0.15, 0.2) is 0 Å². The number of hydrogen-bond acceptors (Lipinski definition) is 4. The van der Waals surface area contributed by atoms with Crippen LogP contribution in [0.3, 0.4) is 0 Å². The molecule has 0 saturated heterocycles. The van der Waals surface area contributed by atoms with E-state index in [1.54, 1.807) is 18.0 Å². The monoisotopic (exact) mass is 310 g/mol. The van der Waals surface area contributed by atoms with Crippen LogP contribution in [0, 0.1) is 0 Å². The van der Waals surface area contributed by atoms with Gasteiger partial charge in [-0.1, -0.05) is 25.8 Å². The number of carboxylic acid groups (broad SMARTS) is 1. The summed E-state index contributed by atoms with van der Waals surface area (Å²) < 4.78 is 0. The summed E-state index contributed by atoms with van der Waals surface area (Å²) in [6.07, 6.45) is 4.27. The number of carbonyl (C=O) groups is 2. The zero-order chi connectivity index (χ0) is 15.5. The fourth-order valence-corrected chi connectivity index (χ4v) is 2.61. The number of carbonyl (C=O) groups excluding carboxylic acids is 1. The van der Waals surface area contributed by atoms with Gasteiger partial charge in [-0.05, 0) is 18.6 Å². The number of unbranched alkanes of at least 4 members (excludes halogenated alkanes) is 1. The van der Waals surface area contributed by atoms with E-state index in [9.17, 15) is 9.59 Å². The summed E-state index contributed by atoms with van der Waals surface area (Å²) in [6.45, 7) is 2.00. The number of aromatic nitrogens is 1. The maximum absolute atomic E-state index is 11.7. The maximum Gasteiger partial charge on any atom is 0.326 e. The van der Waals surface area contributed by atoms with Gasteiger partial charge < -0.3 is 10.4 Å². The van der Waals surface area contributed by atoms with Crippen LogP contribution in [0.25, 0.3) is 0 Å². The molecule has 1 aromatic rings. The quantitative estimate of drug-likeness (QED) is 0.649. The van der Waals surface area contributed by atoms with E-state index in [4.69, 9.17) is 5.11 Å². The first-order chi connectivity index (χ1) is 10.1. The summed E-state index contributed by atoms with van der Waals surface area (Å²) in [5, 5.41) is 11.6. The third-order valence-corrected chi connectivity index (χ3v) is 3.92. The van der Waals surface area contributed by atoms with Gasteiger partial charge >= 0.3 is 5.97 Å². The minimum atomic E-state index is -0.960. The first-order valence-electron chi connectivity index (χ1n) is 7.13. The van der Waals surface area contributed by atoms with Crippen LogP contribution in [0.4, 0.5) is 0 Å². The van der Waals surface area contributed by atoms with Gasteiger partial charge in [-0.2, -0.15) is 11.8 Å². The molecule has 0 aromatic carbocycles. The second-order valence-corrected chi connectivity index (χ2v) is 5.83. The summed E-state index contributed by atoms with van der Waals surface area (Å²) in [4.78, 5) is 27.0. The number of amides is 1. The molecule has 0 aliphatic carbocycles. The molecule has 0 aliphatic heterocycles. The van der Waals surface area contributed by atoms with Crippen molar-refractivity contribution in [3.05, 3.63) is 30.1 Å². The molecule has 21 heavy (non-hydrogen) atoms. The van der Waals surface area contributed by atoms with E-state index in [0.717, 1.165) is 24.3 Å². The molecule has 2 N–H and O–H groups in total. The van der Waals surface area contributed by atoms with E-state index in [2.05, 4.69) is 10.3 Å². The highest BCUT2D eigenvalue weighted by atomic mass is 32.2. The number of aliphatic carboxylic acids is 1. The van der Waals surface area contributed by atoms with Crippen molar-refractivity contribution in [1.82, 2.24) is 10.3 Å².